The summed E-state index contributed by atoms with van der Waals surface area (Å²) in [6, 6.07) is 0. The van der Waals surface area contributed by atoms with Gasteiger partial charge in [-0.2, -0.15) is 0 Å². The van der Waals surface area contributed by atoms with Crippen LogP contribution in [0.15, 0.2) is 0 Å². The highest BCUT2D eigenvalue weighted by Gasteiger charge is 2.46. The summed E-state index contributed by atoms with van der Waals surface area (Å²) in [4.78, 5) is 14.5. The number of likely N-dealkylation sites (tertiary alicyclic amines) is 1. The van der Waals surface area contributed by atoms with Crippen molar-refractivity contribution in [2.24, 2.45) is 5.41 Å². The van der Waals surface area contributed by atoms with Crippen LogP contribution in [0, 0.1) is 5.41 Å². The Labute approximate surface area is 109 Å². The predicted octanol–water partition coefficient (Wildman–Crippen LogP) is 1.57. The molecule has 104 valence electrons. The zero-order valence-corrected chi connectivity index (χ0v) is 11.4. The largest absolute Gasteiger partial charge is 0.393 e. The SMILES string of the molecule is CCOCCC1(C(=O)N2CCC(O)CC2)CCC1. The van der Waals surface area contributed by atoms with E-state index in [4.69, 9.17) is 4.74 Å². The second kappa shape index (κ2) is 6.02. The molecule has 2 fully saturated rings. The minimum atomic E-state index is -0.213. The minimum Gasteiger partial charge on any atom is -0.393 e. The first kappa shape index (κ1) is 13.8. The molecule has 4 nitrogen and oxygen atoms in total. The van der Waals surface area contributed by atoms with E-state index in [-0.39, 0.29) is 11.5 Å². The third-order valence-corrected chi connectivity index (χ3v) is 4.45. The molecule has 2 rings (SSSR count). The molecule has 0 unspecified atom stereocenters. The van der Waals surface area contributed by atoms with Gasteiger partial charge >= 0.3 is 0 Å². The first-order valence-electron chi connectivity index (χ1n) is 7.23. The summed E-state index contributed by atoms with van der Waals surface area (Å²) in [7, 11) is 0. The fourth-order valence-electron chi connectivity index (χ4n) is 2.99. The molecule has 1 aliphatic heterocycles. The molecule has 0 spiro atoms. The Balaban J connectivity index is 1.88. The molecule has 1 heterocycles. The van der Waals surface area contributed by atoms with E-state index in [1.54, 1.807) is 0 Å². The lowest BCUT2D eigenvalue weighted by Gasteiger charge is -2.45. The molecule has 0 atom stereocenters. The third-order valence-electron chi connectivity index (χ3n) is 4.45. The fourth-order valence-corrected chi connectivity index (χ4v) is 2.99. The predicted molar refractivity (Wildman–Crippen MR) is 69.2 cm³/mol. The summed E-state index contributed by atoms with van der Waals surface area (Å²) in [5.74, 6) is 0.306. The first-order valence-corrected chi connectivity index (χ1v) is 7.23. The molecule has 0 radical (unpaired) electrons. The molecule has 1 aliphatic carbocycles. The van der Waals surface area contributed by atoms with E-state index in [9.17, 15) is 9.90 Å². The monoisotopic (exact) mass is 255 g/mol. The van der Waals surface area contributed by atoms with Crippen molar-refractivity contribution in [1.29, 1.82) is 0 Å². The van der Waals surface area contributed by atoms with Gasteiger partial charge < -0.3 is 14.7 Å². The van der Waals surface area contributed by atoms with E-state index >= 15 is 0 Å². The maximum atomic E-state index is 12.6. The molecule has 0 aromatic heterocycles. The van der Waals surface area contributed by atoms with E-state index in [1.165, 1.54) is 0 Å². The van der Waals surface area contributed by atoms with E-state index in [2.05, 4.69) is 0 Å². The number of ether oxygens (including phenoxy) is 1. The van der Waals surface area contributed by atoms with E-state index in [0.29, 0.717) is 12.5 Å². The number of carbonyl (C=O) groups is 1. The quantitative estimate of drug-likeness (QED) is 0.759. The van der Waals surface area contributed by atoms with Crippen LogP contribution in [-0.2, 0) is 9.53 Å². The van der Waals surface area contributed by atoms with E-state index in [0.717, 1.165) is 58.2 Å². The molecule has 1 amide bonds. The molecule has 0 aromatic rings. The number of nitrogens with zero attached hydrogens (tertiary/aromatic N) is 1. The van der Waals surface area contributed by atoms with Gasteiger partial charge in [-0.25, -0.2) is 0 Å². The van der Waals surface area contributed by atoms with Crippen molar-refractivity contribution in [3.63, 3.8) is 0 Å². The van der Waals surface area contributed by atoms with Gasteiger partial charge in [0, 0.05) is 26.3 Å². The van der Waals surface area contributed by atoms with Gasteiger partial charge in [0.25, 0.3) is 0 Å². The number of aliphatic hydroxyl groups is 1. The van der Waals surface area contributed by atoms with Crippen LogP contribution in [0.25, 0.3) is 0 Å². The van der Waals surface area contributed by atoms with Crippen LogP contribution < -0.4 is 0 Å². The highest BCUT2D eigenvalue weighted by Crippen LogP contribution is 2.45. The van der Waals surface area contributed by atoms with Crippen LogP contribution in [0.3, 0.4) is 0 Å². The van der Waals surface area contributed by atoms with Gasteiger partial charge in [-0.3, -0.25) is 4.79 Å². The number of hydrogen-bond donors (Lipinski definition) is 1. The summed E-state index contributed by atoms with van der Waals surface area (Å²) >= 11 is 0. The maximum Gasteiger partial charge on any atom is 0.228 e. The van der Waals surface area contributed by atoms with Crippen molar-refractivity contribution in [1.82, 2.24) is 4.90 Å². The van der Waals surface area contributed by atoms with Crippen molar-refractivity contribution >= 4 is 5.91 Å². The molecule has 2 aliphatic rings. The molecule has 18 heavy (non-hydrogen) atoms. The van der Waals surface area contributed by atoms with Gasteiger partial charge in [-0.15, -0.1) is 0 Å². The van der Waals surface area contributed by atoms with Crippen LogP contribution in [-0.4, -0.2) is 48.3 Å². The summed E-state index contributed by atoms with van der Waals surface area (Å²) < 4.78 is 5.41. The van der Waals surface area contributed by atoms with Gasteiger partial charge in [0.05, 0.1) is 11.5 Å². The van der Waals surface area contributed by atoms with Gasteiger partial charge in [0.15, 0.2) is 0 Å². The number of rotatable bonds is 5. The van der Waals surface area contributed by atoms with Gasteiger partial charge in [-0.05, 0) is 39.0 Å². The van der Waals surface area contributed by atoms with Gasteiger partial charge in [0.1, 0.15) is 0 Å². The van der Waals surface area contributed by atoms with Crippen LogP contribution in [0.4, 0.5) is 0 Å². The lowest BCUT2D eigenvalue weighted by atomic mass is 9.65. The lowest BCUT2D eigenvalue weighted by molar-refractivity contribution is -0.151. The Kier molecular flexibility index (Phi) is 4.62. The smallest absolute Gasteiger partial charge is 0.228 e. The van der Waals surface area contributed by atoms with Crippen LogP contribution in [0.1, 0.15) is 45.4 Å². The minimum absolute atomic E-state index is 0.141. The Bertz CT molecular complexity index is 281. The normalized spacial score (nSPS) is 23.8. The summed E-state index contributed by atoms with van der Waals surface area (Å²) in [5.41, 5.74) is -0.141. The third kappa shape index (κ3) is 2.86. The average Bonchev–Trinajstić information content (AvgIpc) is 2.33. The molecule has 0 bridgehead atoms. The maximum absolute atomic E-state index is 12.6. The molecular formula is C14H25NO3. The summed E-state index contributed by atoms with van der Waals surface area (Å²) in [5, 5.41) is 9.50. The molecule has 1 saturated heterocycles. The number of hydrogen-bond acceptors (Lipinski definition) is 3. The van der Waals surface area contributed by atoms with E-state index in [1.807, 2.05) is 11.8 Å². The topological polar surface area (TPSA) is 49.8 Å². The highest BCUT2D eigenvalue weighted by molar-refractivity contribution is 5.83. The molecule has 1 saturated carbocycles. The summed E-state index contributed by atoms with van der Waals surface area (Å²) in [6.07, 6.45) is 5.29. The average molecular weight is 255 g/mol. The lowest BCUT2D eigenvalue weighted by Crippen LogP contribution is -2.51. The molecule has 0 aromatic carbocycles. The van der Waals surface area contributed by atoms with Crippen molar-refractivity contribution in [3.8, 4) is 0 Å². The zero-order valence-electron chi connectivity index (χ0n) is 11.4. The number of aliphatic hydroxyl groups excluding tert-OH is 1. The first-order chi connectivity index (χ1) is 8.68. The van der Waals surface area contributed by atoms with Crippen molar-refractivity contribution in [2.75, 3.05) is 26.3 Å². The molecule has 4 heteroatoms. The second-order valence-electron chi connectivity index (χ2n) is 5.60. The Morgan fingerprint density at radius 2 is 2.06 bits per heavy atom. The molecule has 1 N–H and O–H groups in total. The van der Waals surface area contributed by atoms with Crippen LogP contribution >= 0.6 is 0 Å². The highest BCUT2D eigenvalue weighted by atomic mass is 16.5. The summed E-state index contributed by atoms with van der Waals surface area (Å²) in [6.45, 7) is 4.84. The van der Waals surface area contributed by atoms with Crippen LogP contribution in [0.5, 0.6) is 0 Å². The van der Waals surface area contributed by atoms with Crippen molar-refractivity contribution in [3.05, 3.63) is 0 Å². The molecular weight excluding hydrogens is 230 g/mol. The van der Waals surface area contributed by atoms with Crippen molar-refractivity contribution < 1.29 is 14.6 Å². The standard InChI is InChI=1S/C14H25NO3/c1-2-18-11-8-14(6-3-7-14)13(17)15-9-4-12(16)5-10-15/h12,16H,2-11H2,1H3. The number of carbonyl (C=O) groups excluding carboxylic acids is 1. The Morgan fingerprint density at radius 3 is 2.56 bits per heavy atom. The zero-order chi connectivity index (χ0) is 13.0. The fraction of sp³-hybridized carbons (Fsp3) is 0.929. The van der Waals surface area contributed by atoms with Gasteiger partial charge in [0.2, 0.25) is 5.91 Å². The van der Waals surface area contributed by atoms with Crippen molar-refractivity contribution in [2.45, 2.75) is 51.6 Å². The second-order valence-corrected chi connectivity index (χ2v) is 5.60. The number of amides is 1. The Morgan fingerprint density at radius 1 is 1.39 bits per heavy atom. The van der Waals surface area contributed by atoms with E-state index < -0.39 is 0 Å². The Hall–Kier alpha value is -0.610. The van der Waals surface area contributed by atoms with Crippen LogP contribution in [0.2, 0.25) is 0 Å². The van der Waals surface area contributed by atoms with Gasteiger partial charge in [-0.1, -0.05) is 6.42 Å². The number of piperidine rings is 1.